The molecule has 0 radical (unpaired) electrons. The highest BCUT2D eigenvalue weighted by Crippen LogP contribution is 1.94. The van der Waals surface area contributed by atoms with E-state index in [1.165, 1.54) is 7.11 Å². The highest BCUT2D eigenvalue weighted by Gasteiger charge is 2.21. The van der Waals surface area contributed by atoms with Crippen molar-refractivity contribution in [1.82, 2.24) is 5.32 Å². The van der Waals surface area contributed by atoms with Crippen molar-refractivity contribution in [2.24, 2.45) is 0 Å². The molecule has 6 nitrogen and oxygen atoms in total. The Hall–Kier alpha value is -0.660. The minimum atomic E-state index is -3.11. The van der Waals surface area contributed by atoms with Gasteiger partial charge in [-0.1, -0.05) is 0 Å². The molecule has 2 atom stereocenters. The highest BCUT2D eigenvalue weighted by atomic mass is 32.2. The van der Waals surface area contributed by atoms with Crippen molar-refractivity contribution in [3.8, 4) is 0 Å². The van der Waals surface area contributed by atoms with Gasteiger partial charge in [0, 0.05) is 19.4 Å². The standard InChI is InChI=1S/C8H17NO5S/c1-6(5-15(3,12)13)9-7(4-14-2)8(10)11/h6-7,9H,4-5H2,1-3H3,(H,10,11). The van der Waals surface area contributed by atoms with Gasteiger partial charge >= 0.3 is 5.97 Å². The molecule has 0 aliphatic heterocycles. The molecule has 0 amide bonds. The van der Waals surface area contributed by atoms with E-state index in [1.54, 1.807) is 6.92 Å². The van der Waals surface area contributed by atoms with Crippen molar-refractivity contribution in [2.45, 2.75) is 19.0 Å². The van der Waals surface area contributed by atoms with Crippen LogP contribution in [0.4, 0.5) is 0 Å². The molecule has 0 spiro atoms. The molecule has 2 N–H and O–H groups in total. The van der Waals surface area contributed by atoms with Gasteiger partial charge < -0.3 is 9.84 Å². The van der Waals surface area contributed by atoms with Crippen molar-refractivity contribution >= 4 is 15.8 Å². The van der Waals surface area contributed by atoms with Crippen LogP contribution in [0.15, 0.2) is 0 Å². The average Bonchev–Trinajstić information content (AvgIpc) is 1.99. The Morgan fingerprint density at radius 2 is 2.07 bits per heavy atom. The fraction of sp³-hybridized carbons (Fsp3) is 0.875. The molecule has 7 heteroatoms. The summed E-state index contributed by atoms with van der Waals surface area (Å²) >= 11 is 0. The molecule has 0 heterocycles. The van der Waals surface area contributed by atoms with Gasteiger partial charge in [0.25, 0.3) is 0 Å². The molecule has 0 aromatic carbocycles. The van der Waals surface area contributed by atoms with Gasteiger partial charge in [0.05, 0.1) is 12.4 Å². The number of ether oxygens (including phenoxy) is 1. The number of aliphatic carboxylic acids is 1. The third-order valence-corrected chi connectivity index (χ3v) is 2.78. The lowest BCUT2D eigenvalue weighted by atomic mass is 10.2. The predicted octanol–water partition coefficient (Wildman–Crippen LogP) is -0.891. The number of rotatable bonds is 7. The first-order valence-electron chi connectivity index (χ1n) is 4.41. The lowest BCUT2D eigenvalue weighted by molar-refractivity contribution is -0.141. The first-order chi connectivity index (χ1) is 6.76. The number of carboxylic acids is 1. The maximum Gasteiger partial charge on any atom is 0.323 e. The van der Waals surface area contributed by atoms with Gasteiger partial charge in [0.2, 0.25) is 0 Å². The van der Waals surface area contributed by atoms with E-state index in [1.807, 2.05) is 0 Å². The fourth-order valence-corrected chi connectivity index (χ4v) is 2.21. The molecule has 0 rings (SSSR count). The van der Waals surface area contributed by atoms with Gasteiger partial charge in [-0.3, -0.25) is 10.1 Å². The number of nitrogens with one attached hydrogen (secondary N) is 1. The van der Waals surface area contributed by atoms with Gasteiger partial charge in [-0.2, -0.15) is 0 Å². The summed E-state index contributed by atoms with van der Waals surface area (Å²) in [6, 6.07) is -1.30. The van der Waals surface area contributed by atoms with Gasteiger partial charge in [-0.15, -0.1) is 0 Å². The average molecular weight is 239 g/mol. The Bertz CT molecular complexity index is 300. The number of carbonyl (C=O) groups is 1. The van der Waals surface area contributed by atoms with E-state index in [0.717, 1.165) is 6.26 Å². The molecule has 0 bridgehead atoms. The van der Waals surface area contributed by atoms with Crippen LogP contribution in [0, 0.1) is 0 Å². The Morgan fingerprint density at radius 3 is 2.40 bits per heavy atom. The molecular formula is C8H17NO5S. The predicted molar refractivity (Wildman–Crippen MR) is 55.6 cm³/mol. The third-order valence-electron chi connectivity index (χ3n) is 1.67. The zero-order valence-corrected chi connectivity index (χ0v) is 9.87. The van der Waals surface area contributed by atoms with Crippen LogP contribution < -0.4 is 5.32 Å². The smallest absolute Gasteiger partial charge is 0.323 e. The van der Waals surface area contributed by atoms with Gasteiger partial charge in [-0.25, -0.2) is 8.42 Å². The molecular weight excluding hydrogens is 222 g/mol. The maximum absolute atomic E-state index is 10.9. The van der Waals surface area contributed by atoms with Crippen LogP contribution >= 0.6 is 0 Å². The summed E-state index contributed by atoms with van der Waals surface area (Å²) in [5.41, 5.74) is 0. The van der Waals surface area contributed by atoms with Crippen LogP contribution in [0.1, 0.15) is 6.92 Å². The monoisotopic (exact) mass is 239 g/mol. The van der Waals surface area contributed by atoms with E-state index in [4.69, 9.17) is 9.84 Å². The van der Waals surface area contributed by atoms with Gasteiger partial charge in [0.15, 0.2) is 0 Å². The summed E-state index contributed by atoms with van der Waals surface area (Å²) in [5.74, 6) is -1.15. The van der Waals surface area contributed by atoms with E-state index in [0.29, 0.717) is 0 Å². The molecule has 2 unspecified atom stereocenters. The Balaban J connectivity index is 4.23. The molecule has 0 fully saturated rings. The lowest BCUT2D eigenvalue weighted by Crippen LogP contribution is -2.47. The van der Waals surface area contributed by atoms with Gasteiger partial charge in [0.1, 0.15) is 15.9 Å². The van der Waals surface area contributed by atoms with Crippen LogP contribution in [0.2, 0.25) is 0 Å². The summed E-state index contributed by atoms with van der Waals surface area (Å²) in [6.45, 7) is 1.62. The minimum absolute atomic E-state index is 0.00341. The molecule has 0 aliphatic carbocycles. The Morgan fingerprint density at radius 1 is 1.53 bits per heavy atom. The highest BCUT2D eigenvalue weighted by molar-refractivity contribution is 7.90. The normalized spacial score (nSPS) is 15.9. The van der Waals surface area contributed by atoms with Crippen LogP contribution in [-0.4, -0.2) is 57.3 Å². The lowest BCUT2D eigenvalue weighted by Gasteiger charge is -2.18. The van der Waals surface area contributed by atoms with Crippen LogP contribution in [-0.2, 0) is 19.4 Å². The quantitative estimate of drug-likeness (QED) is 0.598. The topological polar surface area (TPSA) is 92.7 Å². The van der Waals surface area contributed by atoms with Crippen molar-refractivity contribution < 1.29 is 23.1 Å². The number of methoxy groups -OCH3 is 1. The van der Waals surface area contributed by atoms with Crippen molar-refractivity contribution in [1.29, 1.82) is 0 Å². The molecule has 0 saturated carbocycles. The second-order valence-corrected chi connectivity index (χ2v) is 5.69. The number of hydrogen-bond acceptors (Lipinski definition) is 5. The summed E-state index contributed by atoms with van der Waals surface area (Å²) in [6.07, 6.45) is 1.11. The second-order valence-electron chi connectivity index (χ2n) is 3.51. The first-order valence-corrected chi connectivity index (χ1v) is 6.48. The number of hydrogen-bond donors (Lipinski definition) is 2. The van der Waals surface area contributed by atoms with Crippen LogP contribution in [0.5, 0.6) is 0 Å². The van der Waals surface area contributed by atoms with Crippen molar-refractivity contribution in [2.75, 3.05) is 25.7 Å². The summed E-state index contributed by atoms with van der Waals surface area (Å²) in [7, 11) is -1.72. The van der Waals surface area contributed by atoms with E-state index in [-0.39, 0.29) is 12.4 Å². The number of carboxylic acid groups (broad SMARTS) is 1. The first kappa shape index (κ1) is 14.3. The molecule has 0 aromatic rings. The van der Waals surface area contributed by atoms with Crippen LogP contribution in [0.3, 0.4) is 0 Å². The van der Waals surface area contributed by atoms with E-state index in [9.17, 15) is 13.2 Å². The number of sulfone groups is 1. The molecule has 90 valence electrons. The van der Waals surface area contributed by atoms with Crippen molar-refractivity contribution in [3.63, 3.8) is 0 Å². The zero-order chi connectivity index (χ0) is 12.1. The maximum atomic E-state index is 10.9. The van der Waals surface area contributed by atoms with Gasteiger partial charge in [-0.05, 0) is 6.92 Å². The molecule has 15 heavy (non-hydrogen) atoms. The van der Waals surface area contributed by atoms with E-state index < -0.39 is 27.9 Å². The summed E-state index contributed by atoms with van der Waals surface area (Å²) < 4.78 is 26.6. The van der Waals surface area contributed by atoms with Crippen LogP contribution in [0.25, 0.3) is 0 Å². The second kappa shape index (κ2) is 6.04. The van der Waals surface area contributed by atoms with Crippen molar-refractivity contribution in [3.05, 3.63) is 0 Å². The zero-order valence-electron chi connectivity index (χ0n) is 9.06. The summed E-state index contributed by atoms with van der Waals surface area (Å²) in [4.78, 5) is 10.7. The molecule has 0 aliphatic rings. The van der Waals surface area contributed by atoms with E-state index >= 15 is 0 Å². The Kier molecular flexibility index (Phi) is 5.77. The third kappa shape index (κ3) is 7.29. The molecule has 0 saturated heterocycles. The van der Waals surface area contributed by atoms with E-state index in [2.05, 4.69) is 5.32 Å². The molecule has 0 aromatic heterocycles. The minimum Gasteiger partial charge on any atom is -0.480 e. The SMILES string of the molecule is COCC(NC(C)CS(C)(=O)=O)C(=O)O. The summed E-state index contributed by atoms with van der Waals surface area (Å²) in [5, 5.41) is 11.4. The largest absolute Gasteiger partial charge is 0.480 e. The fourth-order valence-electron chi connectivity index (χ4n) is 1.20. The Labute approximate surface area is 89.5 Å².